The molecule has 1 aromatic carbocycles. The summed E-state index contributed by atoms with van der Waals surface area (Å²) in [4.78, 5) is 0. The molecule has 0 aromatic heterocycles. The molecule has 1 aromatic rings. The molecule has 1 N–H and O–H groups in total. The molecule has 0 bridgehead atoms. The van der Waals surface area contributed by atoms with Gasteiger partial charge in [0.25, 0.3) is 0 Å². The fourth-order valence-electron chi connectivity index (χ4n) is 1.36. The Morgan fingerprint density at radius 2 is 2.20 bits per heavy atom. The van der Waals surface area contributed by atoms with Crippen molar-refractivity contribution in [2.45, 2.75) is 19.8 Å². The van der Waals surface area contributed by atoms with E-state index in [0.717, 1.165) is 36.2 Å². The van der Waals surface area contributed by atoms with Crippen LogP contribution in [0, 0.1) is 0 Å². The van der Waals surface area contributed by atoms with E-state index >= 15 is 0 Å². The SMILES string of the molecule is CCCOc1ccc(Br)cc1CCNC. The van der Waals surface area contributed by atoms with Crippen molar-refractivity contribution in [3.05, 3.63) is 28.2 Å². The topological polar surface area (TPSA) is 21.3 Å². The molecule has 0 aliphatic rings. The number of ether oxygens (including phenoxy) is 1. The maximum Gasteiger partial charge on any atom is 0.122 e. The molecule has 3 heteroatoms. The predicted molar refractivity (Wildman–Crippen MR) is 67.6 cm³/mol. The molecule has 0 saturated heterocycles. The van der Waals surface area contributed by atoms with E-state index in [2.05, 4.69) is 34.2 Å². The Labute approximate surface area is 100 Å². The maximum atomic E-state index is 5.69. The van der Waals surface area contributed by atoms with Gasteiger partial charge in [0.2, 0.25) is 0 Å². The van der Waals surface area contributed by atoms with Gasteiger partial charge in [0.15, 0.2) is 0 Å². The van der Waals surface area contributed by atoms with Gasteiger partial charge in [-0.1, -0.05) is 22.9 Å². The quantitative estimate of drug-likeness (QED) is 0.859. The monoisotopic (exact) mass is 271 g/mol. The van der Waals surface area contributed by atoms with E-state index in [9.17, 15) is 0 Å². The number of benzene rings is 1. The van der Waals surface area contributed by atoms with Crippen LogP contribution in [-0.2, 0) is 6.42 Å². The highest BCUT2D eigenvalue weighted by molar-refractivity contribution is 9.10. The number of rotatable bonds is 6. The summed E-state index contributed by atoms with van der Waals surface area (Å²) in [5, 5.41) is 3.15. The van der Waals surface area contributed by atoms with E-state index in [1.54, 1.807) is 0 Å². The van der Waals surface area contributed by atoms with Gasteiger partial charge in [-0.25, -0.2) is 0 Å². The Morgan fingerprint density at radius 1 is 1.40 bits per heavy atom. The van der Waals surface area contributed by atoms with E-state index in [1.165, 1.54) is 5.56 Å². The van der Waals surface area contributed by atoms with E-state index in [0.29, 0.717) is 0 Å². The molecule has 84 valence electrons. The molecule has 1 rings (SSSR count). The molecule has 0 unspecified atom stereocenters. The Morgan fingerprint density at radius 3 is 2.87 bits per heavy atom. The minimum atomic E-state index is 0.786. The third kappa shape index (κ3) is 4.22. The van der Waals surface area contributed by atoms with Gasteiger partial charge in [0.05, 0.1) is 6.61 Å². The Hall–Kier alpha value is -0.540. The molecule has 0 aliphatic heterocycles. The lowest BCUT2D eigenvalue weighted by Crippen LogP contribution is -2.11. The highest BCUT2D eigenvalue weighted by Crippen LogP contribution is 2.23. The molecule has 0 heterocycles. The van der Waals surface area contributed by atoms with E-state index in [4.69, 9.17) is 4.74 Å². The third-order valence-corrected chi connectivity index (χ3v) is 2.62. The van der Waals surface area contributed by atoms with Crippen LogP contribution < -0.4 is 10.1 Å². The Bertz CT molecular complexity index is 302. The number of hydrogen-bond donors (Lipinski definition) is 1. The van der Waals surface area contributed by atoms with Crippen LogP contribution in [0.15, 0.2) is 22.7 Å². The first-order valence-corrected chi connectivity index (χ1v) is 6.13. The van der Waals surface area contributed by atoms with Crippen LogP contribution in [0.5, 0.6) is 5.75 Å². The fraction of sp³-hybridized carbons (Fsp3) is 0.500. The molecule has 0 amide bonds. The summed E-state index contributed by atoms with van der Waals surface area (Å²) < 4.78 is 6.80. The van der Waals surface area contributed by atoms with Crippen molar-refractivity contribution in [2.24, 2.45) is 0 Å². The largest absolute Gasteiger partial charge is 0.493 e. The van der Waals surface area contributed by atoms with E-state index < -0.39 is 0 Å². The first kappa shape index (κ1) is 12.5. The zero-order valence-electron chi connectivity index (χ0n) is 9.35. The van der Waals surface area contributed by atoms with Crippen LogP contribution in [0.25, 0.3) is 0 Å². The lowest BCUT2D eigenvalue weighted by Gasteiger charge is -2.11. The Balaban J connectivity index is 2.73. The summed E-state index contributed by atoms with van der Waals surface area (Å²) in [6.07, 6.45) is 2.04. The third-order valence-electron chi connectivity index (χ3n) is 2.13. The molecular weight excluding hydrogens is 254 g/mol. The number of likely N-dealkylation sites (N-methyl/N-ethyl adjacent to an activating group) is 1. The molecule has 0 radical (unpaired) electrons. The molecule has 0 saturated carbocycles. The van der Waals surface area contributed by atoms with Gasteiger partial charge in [0, 0.05) is 4.47 Å². The maximum absolute atomic E-state index is 5.69. The van der Waals surface area contributed by atoms with E-state index in [1.807, 2.05) is 19.2 Å². The fourth-order valence-corrected chi connectivity index (χ4v) is 1.76. The molecular formula is C12H18BrNO. The zero-order valence-corrected chi connectivity index (χ0v) is 10.9. The zero-order chi connectivity index (χ0) is 11.1. The second-order valence-electron chi connectivity index (χ2n) is 3.45. The standard InChI is InChI=1S/C12H18BrNO/c1-3-8-15-12-5-4-11(13)9-10(12)6-7-14-2/h4-5,9,14H,3,6-8H2,1-2H3. The van der Waals surface area contributed by atoms with Gasteiger partial charge in [-0.2, -0.15) is 0 Å². The van der Waals surface area contributed by atoms with Crippen LogP contribution in [0.3, 0.4) is 0 Å². The van der Waals surface area contributed by atoms with Crippen molar-refractivity contribution in [1.82, 2.24) is 5.32 Å². The van der Waals surface area contributed by atoms with Gasteiger partial charge in [-0.15, -0.1) is 0 Å². The molecule has 0 aliphatic carbocycles. The molecule has 15 heavy (non-hydrogen) atoms. The van der Waals surface area contributed by atoms with Crippen LogP contribution in [0.4, 0.5) is 0 Å². The summed E-state index contributed by atoms with van der Waals surface area (Å²) in [6.45, 7) is 3.87. The second kappa shape index (κ2) is 6.85. The number of halogens is 1. The molecule has 0 atom stereocenters. The summed E-state index contributed by atoms with van der Waals surface area (Å²) >= 11 is 3.48. The highest BCUT2D eigenvalue weighted by Gasteiger charge is 2.03. The van der Waals surface area contributed by atoms with Crippen molar-refractivity contribution >= 4 is 15.9 Å². The average Bonchev–Trinajstić information content (AvgIpc) is 2.25. The summed E-state index contributed by atoms with van der Waals surface area (Å²) in [5.74, 6) is 1.01. The van der Waals surface area contributed by atoms with Crippen molar-refractivity contribution in [1.29, 1.82) is 0 Å². The molecule has 0 spiro atoms. The highest BCUT2D eigenvalue weighted by atomic mass is 79.9. The predicted octanol–water partition coefficient (Wildman–Crippen LogP) is 3.00. The van der Waals surface area contributed by atoms with Crippen LogP contribution in [0.2, 0.25) is 0 Å². The van der Waals surface area contributed by atoms with Crippen molar-refractivity contribution in [3.8, 4) is 5.75 Å². The normalized spacial score (nSPS) is 10.3. The molecule has 0 fully saturated rings. The van der Waals surface area contributed by atoms with Gasteiger partial charge in [0.1, 0.15) is 5.75 Å². The summed E-state index contributed by atoms with van der Waals surface area (Å²) in [5.41, 5.74) is 1.26. The number of nitrogens with one attached hydrogen (secondary N) is 1. The van der Waals surface area contributed by atoms with Crippen LogP contribution in [-0.4, -0.2) is 20.2 Å². The van der Waals surface area contributed by atoms with Crippen molar-refractivity contribution in [2.75, 3.05) is 20.2 Å². The Kier molecular flexibility index (Phi) is 5.73. The summed E-state index contributed by atoms with van der Waals surface area (Å²) in [6, 6.07) is 6.18. The first-order valence-electron chi connectivity index (χ1n) is 5.33. The number of hydrogen-bond acceptors (Lipinski definition) is 2. The van der Waals surface area contributed by atoms with E-state index in [-0.39, 0.29) is 0 Å². The molecule has 2 nitrogen and oxygen atoms in total. The smallest absolute Gasteiger partial charge is 0.122 e. The van der Waals surface area contributed by atoms with Crippen LogP contribution >= 0.6 is 15.9 Å². The lowest BCUT2D eigenvalue weighted by molar-refractivity contribution is 0.314. The first-order chi connectivity index (χ1) is 7.27. The minimum Gasteiger partial charge on any atom is -0.493 e. The average molecular weight is 272 g/mol. The van der Waals surface area contributed by atoms with Gasteiger partial charge in [-0.3, -0.25) is 0 Å². The van der Waals surface area contributed by atoms with Crippen molar-refractivity contribution < 1.29 is 4.74 Å². The van der Waals surface area contributed by atoms with Crippen LogP contribution in [0.1, 0.15) is 18.9 Å². The lowest BCUT2D eigenvalue weighted by atomic mass is 10.1. The van der Waals surface area contributed by atoms with Gasteiger partial charge < -0.3 is 10.1 Å². The van der Waals surface area contributed by atoms with Gasteiger partial charge in [-0.05, 0) is 50.2 Å². The van der Waals surface area contributed by atoms with Gasteiger partial charge >= 0.3 is 0 Å². The summed E-state index contributed by atoms with van der Waals surface area (Å²) in [7, 11) is 1.96. The van der Waals surface area contributed by atoms with Crippen molar-refractivity contribution in [3.63, 3.8) is 0 Å². The minimum absolute atomic E-state index is 0.786. The second-order valence-corrected chi connectivity index (χ2v) is 4.37.